The highest BCUT2D eigenvalue weighted by Crippen LogP contribution is 2.27. The average molecular weight is 404 g/mol. The predicted octanol–water partition coefficient (Wildman–Crippen LogP) is 4.96. The lowest BCUT2D eigenvalue weighted by Gasteiger charge is -2.10. The van der Waals surface area contributed by atoms with Gasteiger partial charge in [-0.3, -0.25) is 9.36 Å². The van der Waals surface area contributed by atoms with Crippen molar-refractivity contribution in [1.29, 1.82) is 0 Å². The maximum absolute atomic E-state index is 12.4. The molecule has 5 nitrogen and oxygen atoms in total. The molecule has 0 unspecified atom stereocenters. The Morgan fingerprint density at radius 3 is 2.29 bits per heavy atom. The first kappa shape index (κ1) is 18.8. The Balaban J connectivity index is 1.59. The minimum atomic E-state index is -0.146. The fraction of sp³-hybridized carbons (Fsp3) is 0.0385. The van der Waals surface area contributed by atoms with Crippen molar-refractivity contribution in [1.82, 2.24) is 19.3 Å². The second kappa shape index (κ2) is 8.24. The summed E-state index contributed by atoms with van der Waals surface area (Å²) in [6, 6.07) is 31.3. The quantitative estimate of drug-likeness (QED) is 0.416. The minimum absolute atomic E-state index is 0.146. The van der Waals surface area contributed by atoms with E-state index >= 15 is 0 Å². The maximum atomic E-state index is 12.4. The Kier molecular flexibility index (Phi) is 4.99. The third-order valence-corrected chi connectivity index (χ3v) is 5.06. The van der Waals surface area contributed by atoms with Crippen LogP contribution in [0.1, 0.15) is 5.56 Å². The number of imidazole rings is 1. The molecule has 0 atom stereocenters. The van der Waals surface area contributed by atoms with Crippen LogP contribution in [-0.2, 0) is 6.54 Å². The van der Waals surface area contributed by atoms with Gasteiger partial charge >= 0.3 is 0 Å². The molecule has 2 heterocycles. The lowest BCUT2D eigenvalue weighted by molar-refractivity contribution is 0.642. The smallest absolute Gasteiger partial charge is 0.267 e. The maximum Gasteiger partial charge on any atom is 0.267 e. The second-order valence-electron chi connectivity index (χ2n) is 7.15. The van der Waals surface area contributed by atoms with Crippen LogP contribution < -0.4 is 5.56 Å². The normalized spacial score (nSPS) is 11.4. The summed E-state index contributed by atoms with van der Waals surface area (Å²) in [7, 11) is 0. The van der Waals surface area contributed by atoms with Crippen LogP contribution in [0, 0.1) is 0 Å². The molecular formula is C26H20N4O. The topological polar surface area (TPSA) is 52.7 Å². The van der Waals surface area contributed by atoms with E-state index in [1.807, 2.05) is 102 Å². The summed E-state index contributed by atoms with van der Waals surface area (Å²) in [4.78, 5) is 17.3. The predicted molar refractivity (Wildman–Crippen MR) is 124 cm³/mol. The van der Waals surface area contributed by atoms with E-state index in [0.717, 1.165) is 28.0 Å². The van der Waals surface area contributed by atoms with Crippen molar-refractivity contribution in [3.63, 3.8) is 0 Å². The van der Waals surface area contributed by atoms with E-state index in [9.17, 15) is 4.79 Å². The molecule has 150 valence electrons. The van der Waals surface area contributed by atoms with Gasteiger partial charge in [-0.25, -0.2) is 9.67 Å². The molecule has 0 fully saturated rings. The van der Waals surface area contributed by atoms with Gasteiger partial charge in [0.05, 0.1) is 17.6 Å². The highest BCUT2D eigenvalue weighted by Gasteiger charge is 2.15. The highest BCUT2D eigenvalue weighted by atomic mass is 16.1. The van der Waals surface area contributed by atoms with Crippen molar-refractivity contribution < 1.29 is 0 Å². The van der Waals surface area contributed by atoms with Crippen molar-refractivity contribution >= 4 is 17.1 Å². The van der Waals surface area contributed by atoms with Crippen molar-refractivity contribution in [3.05, 3.63) is 119 Å². The number of hydrogen-bond donors (Lipinski definition) is 0. The van der Waals surface area contributed by atoms with E-state index < -0.39 is 0 Å². The third-order valence-electron chi connectivity index (χ3n) is 5.06. The summed E-state index contributed by atoms with van der Waals surface area (Å²) in [6.07, 6.45) is 3.93. The van der Waals surface area contributed by atoms with Crippen LogP contribution >= 0.6 is 0 Å². The Morgan fingerprint density at radius 1 is 0.774 bits per heavy atom. The van der Waals surface area contributed by atoms with Gasteiger partial charge in [0.2, 0.25) is 0 Å². The molecule has 0 saturated carbocycles. The van der Waals surface area contributed by atoms with Crippen molar-refractivity contribution in [2.24, 2.45) is 0 Å². The Labute approximate surface area is 179 Å². The van der Waals surface area contributed by atoms with Gasteiger partial charge in [-0.05, 0) is 23.8 Å². The highest BCUT2D eigenvalue weighted by molar-refractivity contribution is 5.82. The van der Waals surface area contributed by atoms with Gasteiger partial charge in [-0.15, -0.1) is 0 Å². The van der Waals surface area contributed by atoms with E-state index in [1.54, 1.807) is 12.1 Å². The van der Waals surface area contributed by atoms with Crippen LogP contribution in [0.3, 0.4) is 0 Å². The van der Waals surface area contributed by atoms with Gasteiger partial charge in [-0.1, -0.05) is 84.9 Å². The van der Waals surface area contributed by atoms with Crippen LogP contribution in [0.15, 0.2) is 108 Å². The van der Waals surface area contributed by atoms with Gasteiger partial charge in [0, 0.05) is 11.6 Å². The summed E-state index contributed by atoms with van der Waals surface area (Å²) in [6.45, 7) is 0.384. The molecule has 0 aliphatic heterocycles. The summed E-state index contributed by atoms with van der Waals surface area (Å²) >= 11 is 0. The molecule has 0 N–H and O–H groups in total. The molecule has 2 aromatic heterocycles. The molecule has 0 aliphatic rings. The monoisotopic (exact) mass is 404 g/mol. The Bertz CT molecular complexity index is 1420. The molecule has 0 bridgehead atoms. The van der Waals surface area contributed by atoms with Gasteiger partial charge in [0.1, 0.15) is 5.82 Å². The van der Waals surface area contributed by atoms with E-state index in [-0.39, 0.29) is 5.56 Å². The van der Waals surface area contributed by atoms with Crippen LogP contribution in [0.25, 0.3) is 34.3 Å². The molecule has 0 amide bonds. The minimum Gasteiger partial charge on any atom is -0.275 e. The zero-order valence-electron chi connectivity index (χ0n) is 16.8. The largest absolute Gasteiger partial charge is 0.275 e. The number of aromatic nitrogens is 4. The van der Waals surface area contributed by atoms with E-state index in [4.69, 9.17) is 4.98 Å². The van der Waals surface area contributed by atoms with Gasteiger partial charge in [-0.2, -0.15) is 5.10 Å². The lowest BCUT2D eigenvalue weighted by atomic mass is 10.2. The molecule has 0 radical (unpaired) electrons. The summed E-state index contributed by atoms with van der Waals surface area (Å²) in [5.41, 5.74) is 3.75. The van der Waals surface area contributed by atoms with Crippen molar-refractivity contribution in [3.8, 4) is 17.2 Å². The Hall–Kier alpha value is -4.25. The van der Waals surface area contributed by atoms with Crippen molar-refractivity contribution in [2.45, 2.75) is 6.54 Å². The molecule has 0 spiro atoms. The van der Waals surface area contributed by atoms with E-state index in [2.05, 4.69) is 5.10 Å². The third kappa shape index (κ3) is 3.81. The molecule has 5 rings (SSSR count). The van der Waals surface area contributed by atoms with E-state index in [1.165, 1.54) is 4.68 Å². The first-order valence-corrected chi connectivity index (χ1v) is 10.1. The second-order valence-corrected chi connectivity index (χ2v) is 7.15. The molecular weight excluding hydrogens is 384 g/mol. The zero-order valence-corrected chi connectivity index (χ0v) is 16.8. The molecule has 5 heteroatoms. The lowest BCUT2D eigenvalue weighted by Crippen LogP contribution is -2.23. The number of benzene rings is 3. The first-order chi connectivity index (χ1) is 15.3. The van der Waals surface area contributed by atoms with Crippen LogP contribution in [-0.4, -0.2) is 19.3 Å². The summed E-state index contributed by atoms with van der Waals surface area (Å²) in [5, 5.41) is 4.66. The summed E-state index contributed by atoms with van der Waals surface area (Å²) in [5.74, 6) is 1.44. The number of nitrogens with zero attached hydrogens (tertiary/aromatic N) is 4. The number of fused-ring (bicyclic) bond motifs is 1. The number of hydrogen-bond acceptors (Lipinski definition) is 3. The van der Waals surface area contributed by atoms with Crippen LogP contribution in [0.5, 0.6) is 0 Å². The standard InChI is InChI=1S/C26H20N4O/c31-25-18-17-24(28-29(25)19-9-12-20-10-3-1-4-11-20)30-23-16-8-7-15-22(23)27-26(30)21-13-5-2-6-14-21/h1-18H,19H2/b12-9+. The van der Waals surface area contributed by atoms with Crippen molar-refractivity contribution in [2.75, 3.05) is 0 Å². The molecule has 0 aliphatic carbocycles. The molecule has 0 saturated heterocycles. The van der Waals surface area contributed by atoms with Gasteiger partial charge in [0.25, 0.3) is 5.56 Å². The van der Waals surface area contributed by atoms with Crippen LogP contribution in [0.2, 0.25) is 0 Å². The molecule has 5 aromatic rings. The molecule has 3 aromatic carbocycles. The zero-order chi connectivity index (χ0) is 21.0. The van der Waals surface area contributed by atoms with Crippen LogP contribution in [0.4, 0.5) is 0 Å². The Morgan fingerprint density at radius 2 is 1.48 bits per heavy atom. The number of allylic oxidation sites excluding steroid dienone is 1. The SMILES string of the molecule is O=c1ccc(-n2c(-c3ccccc3)nc3ccccc32)nn1C/C=C/c1ccccc1. The van der Waals surface area contributed by atoms with Gasteiger partial charge < -0.3 is 0 Å². The number of rotatable bonds is 5. The molecule has 31 heavy (non-hydrogen) atoms. The average Bonchev–Trinajstić information content (AvgIpc) is 3.21. The number of para-hydroxylation sites is 2. The summed E-state index contributed by atoms with van der Waals surface area (Å²) < 4.78 is 3.47. The van der Waals surface area contributed by atoms with Gasteiger partial charge in [0.15, 0.2) is 5.82 Å². The van der Waals surface area contributed by atoms with E-state index in [0.29, 0.717) is 12.4 Å². The fourth-order valence-electron chi connectivity index (χ4n) is 3.58. The fourth-order valence-corrected chi connectivity index (χ4v) is 3.58. The first-order valence-electron chi connectivity index (χ1n) is 10.1.